The summed E-state index contributed by atoms with van der Waals surface area (Å²) in [6.07, 6.45) is -1.03. The summed E-state index contributed by atoms with van der Waals surface area (Å²) in [6.45, 7) is 3.29. The topological polar surface area (TPSA) is 76.4 Å². The lowest BCUT2D eigenvalue weighted by atomic mass is 10.0. The molecule has 0 saturated carbocycles. The van der Waals surface area contributed by atoms with Gasteiger partial charge in [-0.05, 0) is 91.4 Å². The lowest BCUT2D eigenvalue weighted by molar-refractivity contribution is -0.137. The van der Waals surface area contributed by atoms with Crippen LogP contribution in [0.3, 0.4) is 0 Å². The number of aromatic hydroxyl groups is 1. The fourth-order valence-electron chi connectivity index (χ4n) is 3.96. The molecule has 0 aliphatic rings. The molecule has 1 heterocycles. The van der Waals surface area contributed by atoms with Crippen molar-refractivity contribution in [3.63, 3.8) is 0 Å². The Kier molecular flexibility index (Phi) is 8.86. The average Bonchev–Trinajstić information content (AvgIpc) is 3.37. The highest BCUT2D eigenvalue weighted by Gasteiger charge is 2.30. The average molecular weight is 548 g/mol. The van der Waals surface area contributed by atoms with Gasteiger partial charge in [0.05, 0.1) is 17.4 Å². The molecule has 5 rings (SSSR count). The number of nitrogens with one attached hydrogen (secondary N) is 1. The lowest BCUT2D eigenvalue weighted by Crippen LogP contribution is -2.06. The number of aldehydes is 1. The Hall–Kier alpha value is -4.63. The van der Waals surface area contributed by atoms with E-state index in [4.69, 9.17) is 4.74 Å². The molecule has 0 saturated heterocycles. The summed E-state index contributed by atoms with van der Waals surface area (Å²) >= 11 is 0. The van der Waals surface area contributed by atoms with Gasteiger partial charge in [-0.1, -0.05) is 31.2 Å². The van der Waals surface area contributed by atoms with Crippen molar-refractivity contribution < 1.29 is 27.8 Å². The normalized spacial score (nSPS) is 11.1. The number of nitrogens with zero attached hydrogens (tertiary/aromatic N) is 2. The highest BCUT2D eigenvalue weighted by molar-refractivity contribution is 5.88. The number of benzene rings is 4. The number of hydrogen-bond acceptors (Lipinski definition) is 5. The predicted octanol–water partition coefficient (Wildman–Crippen LogP) is 7.64. The van der Waals surface area contributed by atoms with Gasteiger partial charge in [0, 0.05) is 11.1 Å². The van der Waals surface area contributed by atoms with Gasteiger partial charge in [-0.3, -0.25) is 4.79 Å². The van der Waals surface area contributed by atoms with Crippen molar-refractivity contribution >= 4 is 17.1 Å². The summed E-state index contributed by atoms with van der Waals surface area (Å²) in [5, 5.41) is 19.0. The number of carbonyl (C=O) groups is 1. The molecular weight excluding hydrogens is 519 g/mol. The minimum Gasteiger partial charge on any atom is -0.508 e. The van der Waals surface area contributed by atoms with E-state index in [-0.39, 0.29) is 11.4 Å². The molecule has 0 unspecified atom stereocenters. The first-order chi connectivity index (χ1) is 19.2. The summed E-state index contributed by atoms with van der Waals surface area (Å²) in [7, 11) is 1.96. The second kappa shape index (κ2) is 12.5. The van der Waals surface area contributed by atoms with Gasteiger partial charge in [0.1, 0.15) is 23.5 Å². The van der Waals surface area contributed by atoms with Crippen LogP contribution >= 0.6 is 0 Å². The standard InChI is InChI=1S/C27H17F3N2O3.C4H11N/c28-27(29,30)21-2-1-3-22(14-21)32-15-25(35-24-10-4-17(16-33)5-11-24)26(31-32)20-7-6-19-13-23(34)9-8-18(19)12-20;1-3-4-5-2/h1-16,34H;5H,3-4H2,1-2H3. The molecule has 0 aliphatic heterocycles. The van der Waals surface area contributed by atoms with Gasteiger partial charge in [0.15, 0.2) is 5.75 Å². The summed E-state index contributed by atoms with van der Waals surface area (Å²) in [5.41, 5.74) is 1.00. The summed E-state index contributed by atoms with van der Waals surface area (Å²) in [5.74, 6) is 0.896. The molecule has 0 spiro atoms. The number of alkyl halides is 3. The highest BCUT2D eigenvalue weighted by atomic mass is 19.4. The van der Waals surface area contributed by atoms with E-state index < -0.39 is 11.7 Å². The summed E-state index contributed by atoms with van der Waals surface area (Å²) in [4.78, 5) is 11.0. The van der Waals surface area contributed by atoms with Gasteiger partial charge in [0.25, 0.3) is 0 Å². The van der Waals surface area contributed by atoms with Crippen LogP contribution in [0.5, 0.6) is 17.2 Å². The van der Waals surface area contributed by atoms with Crippen molar-refractivity contribution in [1.82, 2.24) is 15.1 Å². The number of ether oxygens (including phenoxy) is 1. The van der Waals surface area contributed by atoms with Crippen molar-refractivity contribution in [3.05, 3.63) is 102 Å². The van der Waals surface area contributed by atoms with Crippen LogP contribution < -0.4 is 10.1 Å². The maximum atomic E-state index is 13.3. The monoisotopic (exact) mass is 547 g/mol. The van der Waals surface area contributed by atoms with Gasteiger partial charge >= 0.3 is 6.18 Å². The first kappa shape index (κ1) is 28.4. The van der Waals surface area contributed by atoms with Gasteiger partial charge in [0.2, 0.25) is 0 Å². The van der Waals surface area contributed by atoms with Crippen molar-refractivity contribution in [1.29, 1.82) is 0 Å². The number of phenolic OH excluding ortho intramolecular Hbond substituents is 1. The van der Waals surface area contributed by atoms with Gasteiger partial charge in [-0.15, -0.1) is 0 Å². The zero-order valence-electron chi connectivity index (χ0n) is 21.9. The second-order valence-corrected chi connectivity index (χ2v) is 8.97. The van der Waals surface area contributed by atoms with Crippen molar-refractivity contribution in [2.24, 2.45) is 0 Å². The number of aromatic nitrogens is 2. The van der Waals surface area contributed by atoms with Gasteiger partial charge < -0.3 is 15.2 Å². The van der Waals surface area contributed by atoms with E-state index in [1.807, 2.05) is 19.2 Å². The van der Waals surface area contributed by atoms with Crippen LogP contribution in [-0.2, 0) is 6.18 Å². The van der Waals surface area contributed by atoms with Gasteiger partial charge in [-0.2, -0.15) is 18.3 Å². The third-order valence-electron chi connectivity index (χ3n) is 5.96. The maximum absolute atomic E-state index is 13.3. The molecule has 1 aromatic heterocycles. The summed E-state index contributed by atoms with van der Waals surface area (Å²) < 4.78 is 47.2. The first-order valence-electron chi connectivity index (χ1n) is 12.6. The summed E-state index contributed by atoms with van der Waals surface area (Å²) in [6, 6.07) is 21.7. The molecule has 6 nitrogen and oxygen atoms in total. The maximum Gasteiger partial charge on any atom is 0.416 e. The lowest BCUT2D eigenvalue weighted by Gasteiger charge is -2.08. The number of carbonyl (C=O) groups excluding carboxylic acids is 1. The minimum atomic E-state index is -4.49. The van der Waals surface area contributed by atoms with Crippen LogP contribution in [0.2, 0.25) is 0 Å². The van der Waals surface area contributed by atoms with E-state index >= 15 is 0 Å². The van der Waals surface area contributed by atoms with E-state index in [0.29, 0.717) is 34.6 Å². The largest absolute Gasteiger partial charge is 0.508 e. The first-order valence-corrected chi connectivity index (χ1v) is 12.6. The predicted molar refractivity (Wildman–Crippen MR) is 149 cm³/mol. The van der Waals surface area contributed by atoms with Crippen LogP contribution in [0, 0.1) is 0 Å². The molecule has 40 heavy (non-hydrogen) atoms. The zero-order valence-corrected chi connectivity index (χ0v) is 21.9. The molecule has 5 aromatic rings. The minimum absolute atomic E-state index is 0.141. The molecule has 0 atom stereocenters. The second-order valence-electron chi connectivity index (χ2n) is 8.97. The fraction of sp³-hybridized carbons (Fsp3) is 0.161. The van der Waals surface area contributed by atoms with Crippen LogP contribution in [0.4, 0.5) is 13.2 Å². The number of rotatable bonds is 7. The highest BCUT2D eigenvalue weighted by Crippen LogP contribution is 2.36. The SMILES string of the molecule is CCCNC.O=Cc1ccc(Oc2cn(-c3cccc(C(F)(F)F)c3)nc2-c2ccc3cc(O)ccc3c2)cc1. The van der Waals surface area contributed by atoms with E-state index in [0.717, 1.165) is 29.4 Å². The Labute approximate surface area is 229 Å². The molecule has 0 radical (unpaired) electrons. The molecular formula is C31H28F3N3O3. The Morgan fingerprint density at radius 2 is 1.70 bits per heavy atom. The molecule has 2 N–H and O–H groups in total. The van der Waals surface area contributed by atoms with E-state index in [1.165, 1.54) is 29.4 Å². The van der Waals surface area contributed by atoms with Crippen LogP contribution in [0.15, 0.2) is 91.1 Å². The Balaban J connectivity index is 0.000000681. The zero-order chi connectivity index (χ0) is 28.7. The van der Waals surface area contributed by atoms with Crippen LogP contribution in [0.1, 0.15) is 29.3 Å². The molecule has 0 amide bonds. The fourth-order valence-corrected chi connectivity index (χ4v) is 3.96. The quantitative estimate of drug-likeness (QED) is 0.205. The molecule has 4 aromatic carbocycles. The Morgan fingerprint density at radius 3 is 2.35 bits per heavy atom. The van der Waals surface area contributed by atoms with E-state index in [2.05, 4.69) is 17.3 Å². The third-order valence-corrected chi connectivity index (χ3v) is 5.96. The number of fused-ring (bicyclic) bond motifs is 1. The third kappa shape index (κ3) is 6.86. The Bertz CT molecular complexity index is 1590. The molecule has 9 heteroatoms. The van der Waals surface area contributed by atoms with Crippen molar-refractivity contribution in [2.45, 2.75) is 19.5 Å². The van der Waals surface area contributed by atoms with Gasteiger partial charge in [-0.25, -0.2) is 4.68 Å². The van der Waals surface area contributed by atoms with E-state index in [1.54, 1.807) is 48.5 Å². The van der Waals surface area contributed by atoms with Crippen LogP contribution in [0.25, 0.3) is 27.7 Å². The van der Waals surface area contributed by atoms with E-state index in [9.17, 15) is 23.1 Å². The van der Waals surface area contributed by atoms with Crippen molar-refractivity contribution in [3.8, 4) is 34.2 Å². The number of hydrogen-bond donors (Lipinski definition) is 2. The molecule has 206 valence electrons. The molecule has 0 bridgehead atoms. The van der Waals surface area contributed by atoms with Crippen molar-refractivity contribution in [2.75, 3.05) is 13.6 Å². The molecule has 0 aliphatic carbocycles. The molecule has 0 fully saturated rings. The number of halogens is 3. The number of phenols is 1. The Morgan fingerprint density at radius 1 is 0.975 bits per heavy atom. The smallest absolute Gasteiger partial charge is 0.416 e. The van der Waals surface area contributed by atoms with Crippen LogP contribution in [-0.4, -0.2) is 34.8 Å².